The number of aryl methyl sites for hydroxylation is 1. The van der Waals surface area contributed by atoms with Crippen molar-refractivity contribution in [3.63, 3.8) is 0 Å². The van der Waals surface area contributed by atoms with Crippen molar-refractivity contribution >= 4 is 23.5 Å². The van der Waals surface area contributed by atoms with Gasteiger partial charge in [0, 0.05) is 5.69 Å². The maximum Gasteiger partial charge on any atom is 0.418 e. The molecular weight excluding hydrogens is 417 g/mol. The molecule has 1 unspecified atom stereocenters. The number of pyridine rings is 1. The molecule has 0 fully saturated rings. The topological polar surface area (TPSA) is 80.1 Å². The first-order valence-corrected chi connectivity index (χ1v) is 10.7. The summed E-state index contributed by atoms with van der Waals surface area (Å²) in [7, 11) is 0. The summed E-state index contributed by atoms with van der Waals surface area (Å²) in [4.78, 5) is 27.7. The average molecular weight is 443 g/mol. The molecule has 0 aromatic carbocycles. The first-order chi connectivity index (χ1) is 13.9. The number of rotatable bonds is 6. The van der Waals surface area contributed by atoms with Crippen molar-refractivity contribution in [1.29, 1.82) is 5.26 Å². The van der Waals surface area contributed by atoms with E-state index in [1.54, 1.807) is 13.0 Å². The number of Topliss-reactive ketones (excluding diaryl/α,β-unsaturated/α-hetero) is 1. The molecule has 0 aliphatic heterocycles. The number of alkyl halides is 3. The van der Waals surface area contributed by atoms with Crippen molar-refractivity contribution in [2.75, 3.05) is 12.4 Å². The van der Waals surface area contributed by atoms with Gasteiger partial charge in [0.25, 0.3) is 0 Å². The highest BCUT2D eigenvalue weighted by atomic mass is 32.2. The van der Waals surface area contributed by atoms with Crippen molar-refractivity contribution in [1.82, 2.24) is 4.98 Å². The van der Waals surface area contributed by atoms with Gasteiger partial charge in [-0.25, -0.2) is 4.98 Å². The summed E-state index contributed by atoms with van der Waals surface area (Å²) in [5.74, 6) is -1.40. The zero-order chi connectivity index (χ0) is 22.7. The van der Waals surface area contributed by atoms with Crippen molar-refractivity contribution < 1.29 is 27.5 Å². The van der Waals surface area contributed by atoms with E-state index in [-0.39, 0.29) is 40.7 Å². The molecule has 0 bridgehead atoms. The van der Waals surface area contributed by atoms with Crippen LogP contribution in [-0.2, 0) is 33.3 Å². The molecule has 9 heteroatoms. The number of hydrogen-bond donors (Lipinski definition) is 0. The molecule has 2 rings (SSSR count). The van der Waals surface area contributed by atoms with Crippen molar-refractivity contribution in [3.05, 3.63) is 22.4 Å². The van der Waals surface area contributed by atoms with Gasteiger partial charge in [0.05, 0.1) is 23.5 Å². The van der Waals surface area contributed by atoms with Crippen molar-refractivity contribution in [2.24, 2.45) is 11.3 Å². The Morgan fingerprint density at radius 1 is 1.30 bits per heavy atom. The maximum absolute atomic E-state index is 14.0. The number of fused-ring (bicyclic) bond motifs is 1. The minimum atomic E-state index is -4.71. The summed E-state index contributed by atoms with van der Waals surface area (Å²) in [5, 5.41) is 9.39. The number of halogens is 3. The summed E-state index contributed by atoms with van der Waals surface area (Å²) in [6.07, 6.45) is -3.87. The number of carbonyl (C=O) groups is 2. The van der Waals surface area contributed by atoms with E-state index in [1.165, 1.54) is 0 Å². The van der Waals surface area contributed by atoms with Crippen LogP contribution in [0.3, 0.4) is 0 Å². The minimum absolute atomic E-state index is 0.0455. The number of hydrogen-bond acceptors (Lipinski definition) is 6. The number of aromatic nitrogens is 1. The Balaban J connectivity index is 2.39. The van der Waals surface area contributed by atoms with Gasteiger partial charge in [0.15, 0.2) is 5.78 Å². The first-order valence-electron chi connectivity index (χ1n) is 9.71. The summed E-state index contributed by atoms with van der Waals surface area (Å²) in [6.45, 7) is 7.72. The summed E-state index contributed by atoms with van der Waals surface area (Å²) in [5.41, 5.74) is -1.23. The van der Waals surface area contributed by atoms with Gasteiger partial charge in [-0.05, 0) is 43.1 Å². The molecule has 0 spiro atoms. The summed E-state index contributed by atoms with van der Waals surface area (Å²) in [6, 6.07) is 1.65. The van der Waals surface area contributed by atoms with Crippen LogP contribution in [0.2, 0.25) is 0 Å². The van der Waals surface area contributed by atoms with Crippen LogP contribution < -0.4 is 0 Å². The van der Waals surface area contributed by atoms with Gasteiger partial charge in [-0.1, -0.05) is 32.5 Å². The molecule has 0 radical (unpaired) electrons. The smallest absolute Gasteiger partial charge is 0.418 e. The zero-order valence-electron chi connectivity index (χ0n) is 17.5. The van der Waals surface area contributed by atoms with E-state index in [0.717, 1.165) is 11.8 Å². The Labute approximate surface area is 178 Å². The normalized spacial score (nSPS) is 16.5. The third-order valence-corrected chi connectivity index (χ3v) is 6.20. The van der Waals surface area contributed by atoms with Gasteiger partial charge in [0.1, 0.15) is 17.5 Å². The molecule has 164 valence electrons. The molecule has 0 N–H and O–H groups in total. The van der Waals surface area contributed by atoms with Gasteiger partial charge < -0.3 is 4.74 Å². The Hall–Kier alpha value is -2.08. The van der Waals surface area contributed by atoms with Crippen LogP contribution in [-0.4, -0.2) is 29.1 Å². The third-order valence-electron chi connectivity index (χ3n) is 5.17. The quantitative estimate of drug-likeness (QED) is 0.360. The summed E-state index contributed by atoms with van der Waals surface area (Å²) >= 11 is 0.758. The third kappa shape index (κ3) is 5.75. The number of nitrogens with zero attached hydrogens (tertiary/aromatic N) is 2. The van der Waals surface area contributed by atoms with E-state index in [4.69, 9.17) is 4.74 Å². The molecule has 1 aliphatic carbocycles. The van der Waals surface area contributed by atoms with E-state index >= 15 is 0 Å². The molecule has 1 aromatic heterocycles. The second-order valence-electron chi connectivity index (χ2n) is 8.32. The number of esters is 1. The lowest BCUT2D eigenvalue weighted by Crippen LogP contribution is -2.30. The van der Waals surface area contributed by atoms with E-state index in [2.05, 4.69) is 4.98 Å². The van der Waals surface area contributed by atoms with Gasteiger partial charge in [-0.15, -0.1) is 0 Å². The Kier molecular flexibility index (Phi) is 7.56. The first kappa shape index (κ1) is 24.2. The Morgan fingerprint density at radius 2 is 1.97 bits per heavy atom. The van der Waals surface area contributed by atoms with E-state index in [9.17, 15) is 28.0 Å². The van der Waals surface area contributed by atoms with E-state index < -0.39 is 35.5 Å². The highest BCUT2D eigenvalue weighted by molar-refractivity contribution is 8.00. The van der Waals surface area contributed by atoms with Crippen LogP contribution in [0, 0.1) is 22.7 Å². The molecule has 1 aromatic rings. The summed E-state index contributed by atoms with van der Waals surface area (Å²) < 4.78 is 46.6. The lowest BCUT2D eigenvalue weighted by Gasteiger charge is -2.36. The molecule has 1 aliphatic rings. The predicted molar refractivity (Wildman–Crippen MR) is 106 cm³/mol. The van der Waals surface area contributed by atoms with Gasteiger partial charge in [-0.3, -0.25) is 9.59 Å². The minimum Gasteiger partial charge on any atom is -0.466 e. The SMILES string of the molecule is CCOC(=O)CC(=O)CSc1nc2c(c(C(F)(F)F)c1C#N)CC(C(C)(C)C)CC2. The van der Waals surface area contributed by atoms with Crippen LogP contribution in [0.25, 0.3) is 0 Å². The molecule has 30 heavy (non-hydrogen) atoms. The standard InChI is InChI=1S/C21H25F3N2O3S/c1-5-29-17(28)9-13(27)11-30-19-15(10-25)18(21(22,23)24)14-8-12(20(2,3)4)6-7-16(14)26-19/h12H,5-9,11H2,1-4H3. The van der Waals surface area contributed by atoms with Crippen LogP contribution in [0.15, 0.2) is 5.03 Å². The van der Waals surface area contributed by atoms with Gasteiger partial charge in [-0.2, -0.15) is 18.4 Å². The molecule has 1 heterocycles. The Morgan fingerprint density at radius 3 is 2.50 bits per heavy atom. The molecule has 0 saturated carbocycles. The fourth-order valence-corrected chi connectivity index (χ4v) is 4.43. The predicted octanol–water partition coefficient (Wildman–Crippen LogP) is 4.74. The second-order valence-corrected chi connectivity index (χ2v) is 9.28. The van der Waals surface area contributed by atoms with Gasteiger partial charge >= 0.3 is 12.1 Å². The highest BCUT2D eigenvalue weighted by Crippen LogP contribution is 2.44. The number of ether oxygens (including phenoxy) is 1. The van der Waals surface area contributed by atoms with E-state index in [1.807, 2.05) is 20.8 Å². The van der Waals surface area contributed by atoms with Crippen molar-refractivity contribution in [3.8, 4) is 6.07 Å². The fourth-order valence-electron chi connectivity index (χ4n) is 3.57. The molecule has 1 atom stereocenters. The molecular formula is C21H25F3N2O3S. The van der Waals surface area contributed by atoms with Crippen LogP contribution in [0.5, 0.6) is 0 Å². The monoisotopic (exact) mass is 442 g/mol. The van der Waals surface area contributed by atoms with Crippen molar-refractivity contribution in [2.45, 2.75) is 64.6 Å². The largest absolute Gasteiger partial charge is 0.466 e. The average Bonchev–Trinajstić information content (AvgIpc) is 2.63. The van der Waals surface area contributed by atoms with Gasteiger partial charge in [0.2, 0.25) is 0 Å². The number of ketones is 1. The second kappa shape index (κ2) is 9.38. The Bertz CT molecular complexity index is 870. The molecule has 0 amide bonds. The number of carbonyl (C=O) groups excluding carboxylic acids is 2. The van der Waals surface area contributed by atoms with E-state index in [0.29, 0.717) is 18.5 Å². The molecule has 5 nitrogen and oxygen atoms in total. The lowest BCUT2D eigenvalue weighted by atomic mass is 9.70. The lowest BCUT2D eigenvalue weighted by molar-refractivity contribution is -0.145. The number of nitriles is 1. The van der Waals surface area contributed by atoms with Crippen LogP contribution in [0.1, 0.15) is 62.9 Å². The van der Waals surface area contributed by atoms with Crippen LogP contribution >= 0.6 is 11.8 Å². The zero-order valence-corrected chi connectivity index (χ0v) is 18.3. The number of thioether (sulfide) groups is 1. The molecule has 0 saturated heterocycles. The maximum atomic E-state index is 14.0. The van der Waals surface area contributed by atoms with Crippen LogP contribution in [0.4, 0.5) is 13.2 Å². The highest BCUT2D eigenvalue weighted by Gasteiger charge is 2.42. The fraction of sp³-hybridized carbons (Fsp3) is 0.619.